The van der Waals surface area contributed by atoms with E-state index in [0.717, 1.165) is 17.7 Å². The van der Waals surface area contributed by atoms with Crippen molar-refractivity contribution in [2.75, 3.05) is 7.05 Å². The summed E-state index contributed by atoms with van der Waals surface area (Å²) in [7, 11) is 1.67. The number of halogens is 4. The van der Waals surface area contributed by atoms with E-state index in [1.165, 1.54) is 6.07 Å². The first kappa shape index (κ1) is 14.5. The van der Waals surface area contributed by atoms with Gasteiger partial charge in [-0.1, -0.05) is 36.4 Å². The van der Waals surface area contributed by atoms with Gasteiger partial charge in [-0.15, -0.1) is 0 Å². The van der Waals surface area contributed by atoms with Gasteiger partial charge in [0.15, 0.2) is 0 Å². The molecular formula is C15H13F4N. The summed E-state index contributed by atoms with van der Waals surface area (Å²) < 4.78 is 51.2. The lowest BCUT2D eigenvalue weighted by atomic mass is 9.97. The van der Waals surface area contributed by atoms with E-state index in [9.17, 15) is 17.6 Å². The summed E-state index contributed by atoms with van der Waals surface area (Å²) in [6, 6.07) is 11.8. The van der Waals surface area contributed by atoms with Crippen molar-refractivity contribution in [1.82, 2.24) is 5.32 Å². The largest absolute Gasteiger partial charge is 0.419 e. The molecule has 0 amide bonds. The predicted octanol–water partition coefficient (Wildman–Crippen LogP) is 4.15. The van der Waals surface area contributed by atoms with Gasteiger partial charge in [-0.25, -0.2) is 4.39 Å². The molecule has 0 saturated heterocycles. The molecule has 2 aromatic rings. The molecule has 0 aliphatic rings. The highest BCUT2D eigenvalue weighted by Gasteiger charge is 2.34. The van der Waals surface area contributed by atoms with Crippen LogP contribution in [-0.4, -0.2) is 7.05 Å². The van der Waals surface area contributed by atoms with E-state index >= 15 is 0 Å². The third kappa shape index (κ3) is 2.99. The van der Waals surface area contributed by atoms with Crippen LogP contribution in [0.2, 0.25) is 0 Å². The molecule has 1 nitrogen and oxygen atoms in total. The molecule has 20 heavy (non-hydrogen) atoms. The molecule has 1 atom stereocenters. The van der Waals surface area contributed by atoms with Crippen molar-refractivity contribution in [2.24, 2.45) is 0 Å². The van der Waals surface area contributed by atoms with E-state index in [4.69, 9.17) is 0 Å². The lowest BCUT2D eigenvalue weighted by Gasteiger charge is -2.18. The van der Waals surface area contributed by atoms with Crippen molar-refractivity contribution < 1.29 is 17.6 Å². The zero-order chi connectivity index (χ0) is 14.8. The molecule has 0 spiro atoms. The Balaban J connectivity index is 2.40. The minimum absolute atomic E-state index is 0.354. The predicted molar refractivity (Wildman–Crippen MR) is 68.7 cm³/mol. The van der Waals surface area contributed by atoms with Gasteiger partial charge in [0.1, 0.15) is 5.82 Å². The molecule has 2 aromatic carbocycles. The molecule has 1 unspecified atom stereocenters. The highest BCUT2D eigenvalue weighted by atomic mass is 19.4. The second-order valence-corrected chi connectivity index (χ2v) is 4.37. The Morgan fingerprint density at radius 2 is 1.60 bits per heavy atom. The molecule has 0 heterocycles. The van der Waals surface area contributed by atoms with E-state index in [1.54, 1.807) is 7.05 Å². The minimum Gasteiger partial charge on any atom is -0.309 e. The van der Waals surface area contributed by atoms with Gasteiger partial charge >= 0.3 is 6.18 Å². The Kier molecular flexibility index (Phi) is 4.09. The summed E-state index contributed by atoms with van der Waals surface area (Å²) in [4.78, 5) is 0. The van der Waals surface area contributed by atoms with Crippen LogP contribution in [0.5, 0.6) is 0 Å². The summed E-state index contributed by atoms with van der Waals surface area (Å²) in [6.07, 6.45) is -4.68. The quantitative estimate of drug-likeness (QED) is 0.834. The van der Waals surface area contributed by atoms with Gasteiger partial charge in [-0.3, -0.25) is 0 Å². The van der Waals surface area contributed by atoms with E-state index in [1.807, 2.05) is 30.3 Å². The molecule has 0 fully saturated rings. The summed E-state index contributed by atoms with van der Waals surface area (Å²) in [5.74, 6) is -1.26. The van der Waals surface area contributed by atoms with Gasteiger partial charge in [0, 0.05) is 0 Å². The van der Waals surface area contributed by atoms with E-state index < -0.39 is 17.6 Å². The first-order chi connectivity index (χ1) is 9.43. The van der Waals surface area contributed by atoms with Crippen molar-refractivity contribution in [3.05, 3.63) is 71.0 Å². The molecule has 5 heteroatoms. The lowest BCUT2D eigenvalue weighted by molar-refractivity contribution is -0.140. The van der Waals surface area contributed by atoms with E-state index in [0.29, 0.717) is 5.56 Å². The molecule has 2 rings (SSSR count). The number of alkyl halides is 3. The van der Waals surface area contributed by atoms with Crippen LogP contribution < -0.4 is 5.32 Å². The van der Waals surface area contributed by atoms with Crippen LogP contribution in [0.25, 0.3) is 0 Å². The Morgan fingerprint density at radius 3 is 2.10 bits per heavy atom. The molecule has 0 bridgehead atoms. The van der Waals surface area contributed by atoms with E-state index in [2.05, 4.69) is 5.32 Å². The Bertz CT molecular complexity index is 578. The Labute approximate surface area is 114 Å². The van der Waals surface area contributed by atoms with Gasteiger partial charge in [0.25, 0.3) is 0 Å². The monoisotopic (exact) mass is 283 g/mol. The van der Waals surface area contributed by atoms with Crippen molar-refractivity contribution in [3.8, 4) is 0 Å². The highest BCUT2D eigenvalue weighted by molar-refractivity contribution is 5.35. The van der Waals surface area contributed by atoms with Gasteiger partial charge < -0.3 is 5.32 Å². The summed E-state index contributed by atoms with van der Waals surface area (Å²) in [6.45, 7) is 0. The molecule has 0 aromatic heterocycles. The third-order valence-corrected chi connectivity index (χ3v) is 3.05. The van der Waals surface area contributed by atoms with Crippen LogP contribution in [0.4, 0.5) is 17.6 Å². The molecular weight excluding hydrogens is 270 g/mol. The number of hydrogen-bond donors (Lipinski definition) is 1. The summed E-state index contributed by atoms with van der Waals surface area (Å²) >= 11 is 0. The molecule has 0 saturated carbocycles. The Hall–Kier alpha value is -1.88. The smallest absolute Gasteiger partial charge is 0.309 e. The maximum Gasteiger partial charge on any atom is 0.419 e. The number of hydrogen-bond acceptors (Lipinski definition) is 1. The zero-order valence-electron chi connectivity index (χ0n) is 10.7. The average molecular weight is 283 g/mol. The SMILES string of the molecule is CNC(c1ccccc1)c1ccc(C(F)(F)F)c(F)c1. The molecule has 106 valence electrons. The molecule has 1 N–H and O–H groups in total. The van der Waals surface area contributed by atoms with Crippen LogP contribution in [0.1, 0.15) is 22.7 Å². The highest BCUT2D eigenvalue weighted by Crippen LogP contribution is 2.33. The Morgan fingerprint density at radius 1 is 0.950 bits per heavy atom. The lowest BCUT2D eigenvalue weighted by Crippen LogP contribution is -2.18. The number of nitrogens with one attached hydrogen (secondary N) is 1. The van der Waals surface area contributed by atoms with Crippen molar-refractivity contribution in [3.63, 3.8) is 0 Å². The van der Waals surface area contributed by atoms with Crippen LogP contribution in [0.3, 0.4) is 0 Å². The second kappa shape index (κ2) is 5.63. The summed E-state index contributed by atoms with van der Waals surface area (Å²) in [5.41, 5.74) is 0.0579. The zero-order valence-corrected chi connectivity index (χ0v) is 10.7. The average Bonchev–Trinajstić information content (AvgIpc) is 2.39. The topological polar surface area (TPSA) is 12.0 Å². The minimum atomic E-state index is -4.68. The van der Waals surface area contributed by atoms with Crippen molar-refractivity contribution in [2.45, 2.75) is 12.2 Å². The van der Waals surface area contributed by atoms with Crippen LogP contribution in [0, 0.1) is 5.82 Å². The van der Waals surface area contributed by atoms with Gasteiger partial charge in [0.05, 0.1) is 11.6 Å². The standard InChI is InChI=1S/C15H13F4N/c1-20-14(10-5-3-2-4-6-10)11-7-8-12(13(16)9-11)15(17,18)19/h2-9,14,20H,1H3. The van der Waals surface area contributed by atoms with Crippen molar-refractivity contribution >= 4 is 0 Å². The first-order valence-corrected chi connectivity index (χ1v) is 6.02. The second-order valence-electron chi connectivity index (χ2n) is 4.37. The normalized spacial score (nSPS) is 13.2. The molecule has 0 aliphatic heterocycles. The summed E-state index contributed by atoms with van der Waals surface area (Å²) in [5, 5.41) is 2.97. The van der Waals surface area contributed by atoms with Gasteiger partial charge in [0.2, 0.25) is 0 Å². The van der Waals surface area contributed by atoms with Gasteiger partial charge in [-0.05, 0) is 30.3 Å². The fourth-order valence-corrected chi connectivity index (χ4v) is 2.11. The first-order valence-electron chi connectivity index (χ1n) is 6.02. The van der Waals surface area contributed by atoms with E-state index in [-0.39, 0.29) is 6.04 Å². The molecule has 0 aliphatic carbocycles. The van der Waals surface area contributed by atoms with Gasteiger partial charge in [-0.2, -0.15) is 13.2 Å². The van der Waals surface area contributed by atoms with Crippen LogP contribution in [-0.2, 0) is 6.18 Å². The van der Waals surface area contributed by atoms with Crippen LogP contribution in [0.15, 0.2) is 48.5 Å². The van der Waals surface area contributed by atoms with Crippen LogP contribution >= 0.6 is 0 Å². The fraction of sp³-hybridized carbons (Fsp3) is 0.200. The molecule has 0 radical (unpaired) electrons. The van der Waals surface area contributed by atoms with Crippen molar-refractivity contribution in [1.29, 1.82) is 0 Å². The third-order valence-electron chi connectivity index (χ3n) is 3.05. The maximum atomic E-state index is 13.6. The number of benzene rings is 2. The maximum absolute atomic E-state index is 13.6. The number of rotatable bonds is 3. The fourth-order valence-electron chi connectivity index (χ4n) is 2.11.